The van der Waals surface area contributed by atoms with E-state index in [2.05, 4.69) is 12.2 Å². The number of amides is 1. The zero-order valence-corrected chi connectivity index (χ0v) is 12.3. The van der Waals surface area contributed by atoms with E-state index in [-0.39, 0.29) is 5.91 Å². The summed E-state index contributed by atoms with van der Waals surface area (Å²) in [5.74, 6) is 0.595. The number of hydrogen-bond acceptors (Lipinski definition) is 2. The van der Waals surface area contributed by atoms with Gasteiger partial charge in [0.25, 0.3) is 0 Å². The van der Waals surface area contributed by atoms with Gasteiger partial charge in [0.2, 0.25) is 5.91 Å². The lowest BCUT2D eigenvalue weighted by Gasteiger charge is -2.07. The third-order valence-corrected chi connectivity index (χ3v) is 3.21. The van der Waals surface area contributed by atoms with Crippen LogP contribution in [0.4, 0.5) is 5.69 Å². The van der Waals surface area contributed by atoms with E-state index in [4.69, 9.17) is 4.74 Å². The molecule has 0 aromatic heterocycles. The van der Waals surface area contributed by atoms with Crippen LogP contribution in [0.5, 0.6) is 5.75 Å². The summed E-state index contributed by atoms with van der Waals surface area (Å²) in [6, 6.07) is 15.4. The van der Waals surface area contributed by atoms with Gasteiger partial charge in [-0.1, -0.05) is 43.3 Å². The van der Waals surface area contributed by atoms with Gasteiger partial charge < -0.3 is 10.1 Å². The molecule has 2 aromatic rings. The average molecular weight is 281 g/mol. The van der Waals surface area contributed by atoms with E-state index in [0.717, 1.165) is 29.0 Å². The van der Waals surface area contributed by atoms with Gasteiger partial charge >= 0.3 is 0 Å². The molecule has 0 unspecified atom stereocenters. The van der Waals surface area contributed by atoms with Crippen molar-refractivity contribution in [2.75, 3.05) is 12.4 Å². The van der Waals surface area contributed by atoms with Crippen LogP contribution in [0.15, 0.2) is 54.6 Å². The SMILES string of the molecule is CCc1ccccc1NC(=O)/C=C/c1ccccc1OC. The molecular weight excluding hydrogens is 262 g/mol. The molecule has 0 radical (unpaired) electrons. The average Bonchev–Trinajstić information content (AvgIpc) is 2.53. The molecule has 1 N–H and O–H groups in total. The highest BCUT2D eigenvalue weighted by Gasteiger charge is 2.03. The lowest BCUT2D eigenvalue weighted by Crippen LogP contribution is -2.09. The Morgan fingerprint density at radius 3 is 2.62 bits per heavy atom. The molecule has 0 saturated heterocycles. The van der Waals surface area contributed by atoms with Crippen LogP contribution in [-0.2, 0) is 11.2 Å². The molecule has 0 spiro atoms. The second kappa shape index (κ2) is 7.29. The maximum absolute atomic E-state index is 12.0. The van der Waals surface area contributed by atoms with Gasteiger partial charge in [0.15, 0.2) is 0 Å². The molecule has 3 heteroatoms. The van der Waals surface area contributed by atoms with E-state index in [0.29, 0.717) is 0 Å². The summed E-state index contributed by atoms with van der Waals surface area (Å²) in [6.45, 7) is 2.07. The largest absolute Gasteiger partial charge is 0.496 e. The van der Waals surface area contributed by atoms with Crippen molar-refractivity contribution in [3.8, 4) is 5.75 Å². The third-order valence-electron chi connectivity index (χ3n) is 3.21. The van der Waals surface area contributed by atoms with E-state index in [1.165, 1.54) is 6.08 Å². The summed E-state index contributed by atoms with van der Waals surface area (Å²) in [6.07, 6.45) is 4.15. The first-order valence-electron chi connectivity index (χ1n) is 6.94. The monoisotopic (exact) mass is 281 g/mol. The zero-order chi connectivity index (χ0) is 15.1. The topological polar surface area (TPSA) is 38.3 Å². The second-order valence-corrected chi connectivity index (χ2v) is 4.58. The molecule has 0 fully saturated rings. The van der Waals surface area contributed by atoms with Crippen molar-refractivity contribution in [3.63, 3.8) is 0 Å². The number of carbonyl (C=O) groups is 1. The number of carbonyl (C=O) groups excluding carboxylic acids is 1. The normalized spacial score (nSPS) is 10.6. The van der Waals surface area contributed by atoms with Crippen LogP contribution in [0.25, 0.3) is 6.08 Å². The molecule has 2 rings (SSSR count). The standard InChI is InChI=1S/C18H19NO2/c1-3-14-8-4-6-10-16(14)19-18(20)13-12-15-9-5-7-11-17(15)21-2/h4-13H,3H2,1-2H3,(H,19,20)/b13-12+. The van der Waals surface area contributed by atoms with Crippen LogP contribution in [0.3, 0.4) is 0 Å². The highest BCUT2D eigenvalue weighted by molar-refractivity contribution is 6.02. The zero-order valence-electron chi connectivity index (χ0n) is 12.3. The van der Waals surface area contributed by atoms with Crippen molar-refractivity contribution in [2.24, 2.45) is 0 Å². The van der Waals surface area contributed by atoms with Gasteiger partial charge in [0, 0.05) is 17.3 Å². The molecule has 1 amide bonds. The van der Waals surface area contributed by atoms with Crippen LogP contribution in [0.2, 0.25) is 0 Å². The van der Waals surface area contributed by atoms with Crippen LogP contribution < -0.4 is 10.1 Å². The van der Waals surface area contributed by atoms with Gasteiger partial charge in [0.05, 0.1) is 7.11 Å². The van der Waals surface area contributed by atoms with E-state index < -0.39 is 0 Å². The highest BCUT2D eigenvalue weighted by Crippen LogP contribution is 2.19. The molecule has 2 aromatic carbocycles. The fourth-order valence-electron chi connectivity index (χ4n) is 2.09. The molecule has 21 heavy (non-hydrogen) atoms. The smallest absolute Gasteiger partial charge is 0.248 e. The van der Waals surface area contributed by atoms with Gasteiger partial charge in [-0.3, -0.25) is 4.79 Å². The summed E-state index contributed by atoms with van der Waals surface area (Å²) in [5.41, 5.74) is 2.85. The van der Waals surface area contributed by atoms with Crippen LogP contribution in [0, 0.1) is 0 Å². The Morgan fingerprint density at radius 1 is 1.14 bits per heavy atom. The number of benzene rings is 2. The number of nitrogens with one attached hydrogen (secondary N) is 1. The first kappa shape index (κ1) is 14.9. The van der Waals surface area contributed by atoms with E-state index in [1.54, 1.807) is 13.2 Å². The minimum atomic E-state index is -0.151. The first-order chi connectivity index (χ1) is 10.2. The molecule has 0 atom stereocenters. The number of ether oxygens (including phenoxy) is 1. The Balaban J connectivity index is 2.09. The Labute approximate surface area is 125 Å². The summed E-state index contributed by atoms with van der Waals surface area (Å²) in [4.78, 5) is 12.0. The van der Waals surface area contributed by atoms with Gasteiger partial charge in [0.1, 0.15) is 5.75 Å². The second-order valence-electron chi connectivity index (χ2n) is 4.58. The molecule has 0 bridgehead atoms. The molecular formula is C18H19NO2. The minimum absolute atomic E-state index is 0.151. The maximum atomic E-state index is 12.0. The number of hydrogen-bond donors (Lipinski definition) is 1. The Morgan fingerprint density at radius 2 is 1.86 bits per heavy atom. The van der Waals surface area contributed by atoms with Crippen molar-refractivity contribution in [3.05, 3.63) is 65.7 Å². The van der Waals surface area contributed by atoms with Crippen molar-refractivity contribution >= 4 is 17.7 Å². The number of anilines is 1. The van der Waals surface area contributed by atoms with Crippen molar-refractivity contribution in [1.82, 2.24) is 0 Å². The predicted molar refractivity (Wildman–Crippen MR) is 86.5 cm³/mol. The fraction of sp³-hybridized carbons (Fsp3) is 0.167. The lowest BCUT2D eigenvalue weighted by atomic mass is 10.1. The molecule has 3 nitrogen and oxygen atoms in total. The van der Waals surface area contributed by atoms with Gasteiger partial charge in [-0.15, -0.1) is 0 Å². The van der Waals surface area contributed by atoms with Gasteiger partial charge in [-0.2, -0.15) is 0 Å². The van der Waals surface area contributed by atoms with E-state index in [1.807, 2.05) is 48.5 Å². The number of para-hydroxylation sites is 2. The Hall–Kier alpha value is -2.55. The number of methoxy groups -OCH3 is 1. The summed E-state index contributed by atoms with van der Waals surface area (Å²) >= 11 is 0. The van der Waals surface area contributed by atoms with Crippen molar-refractivity contribution < 1.29 is 9.53 Å². The van der Waals surface area contributed by atoms with Crippen molar-refractivity contribution in [1.29, 1.82) is 0 Å². The molecule has 0 aliphatic heterocycles. The summed E-state index contributed by atoms with van der Waals surface area (Å²) in [7, 11) is 1.62. The maximum Gasteiger partial charge on any atom is 0.248 e. The predicted octanol–water partition coefficient (Wildman–Crippen LogP) is 3.91. The fourth-order valence-corrected chi connectivity index (χ4v) is 2.09. The Bertz CT molecular complexity index is 647. The van der Waals surface area contributed by atoms with Crippen LogP contribution in [0.1, 0.15) is 18.1 Å². The number of aryl methyl sites for hydroxylation is 1. The summed E-state index contributed by atoms with van der Waals surface area (Å²) < 4.78 is 5.25. The minimum Gasteiger partial charge on any atom is -0.496 e. The first-order valence-corrected chi connectivity index (χ1v) is 6.94. The Kier molecular flexibility index (Phi) is 5.16. The lowest BCUT2D eigenvalue weighted by molar-refractivity contribution is -0.111. The highest BCUT2D eigenvalue weighted by atomic mass is 16.5. The third kappa shape index (κ3) is 3.96. The number of rotatable bonds is 5. The molecule has 0 aliphatic carbocycles. The van der Waals surface area contributed by atoms with Crippen LogP contribution >= 0.6 is 0 Å². The quantitative estimate of drug-likeness (QED) is 0.844. The molecule has 0 saturated carbocycles. The molecule has 0 aliphatic rings. The van der Waals surface area contributed by atoms with Crippen molar-refractivity contribution in [2.45, 2.75) is 13.3 Å². The molecule has 0 heterocycles. The van der Waals surface area contributed by atoms with Gasteiger partial charge in [-0.25, -0.2) is 0 Å². The van der Waals surface area contributed by atoms with E-state index >= 15 is 0 Å². The van der Waals surface area contributed by atoms with E-state index in [9.17, 15) is 4.79 Å². The van der Waals surface area contributed by atoms with Crippen LogP contribution in [-0.4, -0.2) is 13.0 Å². The van der Waals surface area contributed by atoms with Gasteiger partial charge in [-0.05, 0) is 30.2 Å². The molecule has 108 valence electrons. The summed E-state index contributed by atoms with van der Waals surface area (Å²) in [5, 5.41) is 2.90.